The van der Waals surface area contributed by atoms with E-state index in [-0.39, 0.29) is 11.6 Å². The van der Waals surface area contributed by atoms with Crippen LogP contribution in [0.2, 0.25) is 0 Å². The molecule has 1 fully saturated rings. The fraction of sp³-hybridized carbons (Fsp3) is 0.500. The Balaban J connectivity index is 2.29. The van der Waals surface area contributed by atoms with Crippen molar-refractivity contribution >= 4 is 5.82 Å². The summed E-state index contributed by atoms with van der Waals surface area (Å²) >= 11 is 0. The summed E-state index contributed by atoms with van der Waals surface area (Å²) in [5.74, 6) is 0.472. The first-order chi connectivity index (χ1) is 7.33. The summed E-state index contributed by atoms with van der Waals surface area (Å²) in [7, 11) is 1.46. The van der Waals surface area contributed by atoms with Crippen LogP contribution in [0.25, 0.3) is 0 Å². The van der Waals surface area contributed by atoms with Crippen molar-refractivity contribution in [3.8, 4) is 5.75 Å². The fourth-order valence-corrected chi connectivity index (χ4v) is 1.71. The molecule has 0 unspecified atom stereocenters. The summed E-state index contributed by atoms with van der Waals surface area (Å²) in [6.07, 6.45) is 1.47. The van der Waals surface area contributed by atoms with E-state index in [1.54, 1.807) is 0 Å². The first-order valence-corrected chi connectivity index (χ1v) is 4.97. The molecule has 5 heteroatoms. The third-order valence-corrected chi connectivity index (χ3v) is 2.46. The van der Waals surface area contributed by atoms with Crippen LogP contribution in [0.1, 0.15) is 0 Å². The molecule has 0 spiro atoms. The van der Waals surface area contributed by atoms with Crippen molar-refractivity contribution in [1.29, 1.82) is 0 Å². The fourth-order valence-electron chi connectivity index (χ4n) is 1.71. The third-order valence-electron chi connectivity index (χ3n) is 2.46. The Bertz CT molecular complexity index is 339. The summed E-state index contributed by atoms with van der Waals surface area (Å²) in [4.78, 5) is 6.19. The first-order valence-electron chi connectivity index (χ1n) is 4.97. The molecule has 0 aromatic carbocycles. The molecular weight excluding hydrogens is 197 g/mol. The van der Waals surface area contributed by atoms with Gasteiger partial charge in [0, 0.05) is 32.4 Å². The lowest BCUT2D eigenvalue weighted by atomic mass is 10.3. The summed E-state index contributed by atoms with van der Waals surface area (Å²) in [5, 5.41) is 3.23. The highest BCUT2D eigenvalue weighted by Gasteiger charge is 2.18. The van der Waals surface area contributed by atoms with E-state index in [2.05, 4.69) is 10.3 Å². The lowest BCUT2D eigenvalue weighted by molar-refractivity contribution is 0.383. The van der Waals surface area contributed by atoms with Gasteiger partial charge in [0.1, 0.15) is 0 Å². The molecule has 1 saturated heterocycles. The molecule has 1 aromatic rings. The van der Waals surface area contributed by atoms with Gasteiger partial charge in [0.05, 0.1) is 7.11 Å². The van der Waals surface area contributed by atoms with E-state index in [1.807, 2.05) is 4.90 Å². The van der Waals surface area contributed by atoms with Gasteiger partial charge in [0.25, 0.3) is 0 Å². The SMILES string of the molecule is COc1c(F)ccnc1N1CCNCC1. The Morgan fingerprint density at radius 1 is 1.47 bits per heavy atom. The molecule has 0 atom stereocenters. The van der Waals surface area contributed by atoms with E-state index in [4.69, 9.17) is 4.74 Å². The van der Waals surface area contributed by atoms with Crippen LogP contribution in [-0.4, -0.2) is 38.3 Å². The topological polar surface area (TPSA) is 37.4 Å². The summed E-state index contributed by atoms with van der Waals surface area (Å²) < 4.78 is 18.4. The van der Waals surface area contributed by atoms with Gasteiger partial charge in [-0.15, -0.1) is 0 Å². The third kappa shape index (κ3) is 2.02. The smallest absolute Gasteiger partial charge is 0.197 e. The monoisotopic (exact) mass is 211 g/mol. The molecule has 4 nitrogen and oxygen atoms in total. The zero-order valence-corrected chi connectivity index (χ0v) is 8.66. The van der Waals surface area contributed by atoms with Crippen molar-refractivity contribution in [2.45, 2.75) is 0 Å². The van der Waals surface area contributed by atoms with Crippen LogP contribution >= 0.6 is 0 Å². The summed E-state index contributed by atoms with van der Waals surface area (Å²) in [6.45, 7) is 3.43. The number of hydrogen-bond acceptors (Lipinski definition) is 4. The zero-order chi connectivity index (χ0) is 10.7. The van der Waals surface area contributed by atoms with Crippen LogP contribution in [0.4, 0.5) is 10.2 Å². The molecule has 0 bridgehead atoms. The van der Waals surface area contributed by atoms with Gasteiger partial charge in [-0.3, -0.25) is 0 Å². The first kappa shape index (κ1) is 10.2. The molecule has 2 rings (SSSR count). The van der Waals surface area contributed by atoms with Crippen LogP contribution in [0, 0.1) is 5.82 Å². The van der Waals surface area contributed by atoms with E-state index in [0.29, 0.717) is 5.82 Å². The summed E-state index contributed by atoms with van der Waals surface area (Å²) in [5.41, 5.74) is 0. The number of ether oxygens (including phenoxy) is 1. The number of halogens is 1. The predicted octanol–water partition coefficient (Wildman–Crippen LogP) is 0.639. The predicted molar refractivity (Wildman–Crippen MR) is 55.8 cm³/mol. The summed E-state index contributed by atoms with van der Waals surface area (Å²) in [6, 6.07) is 1.31. The highest BCUT2D eigenvalue weighted by atomic mass is 19.1. The molecule has 0 saturated carbocycles. The van der Waals surface area contributed by atoms with Crippen LogP contribution in [0.5, 0.6) is 5.75 Å². The molecule has 1 aliphatic rings. The van der Waals surface area contributed by atoms with E-state index in [1.165, 1.54) is 19.4 Å². The van der Waals surface area contributed by atoms with Gasteiger partial charge >= 0.3 is 0 Å². The highest BCUT2D eigenvalue weighted by Crippen LogP contribution is 2.28. The molecule has 1 aromatic heterocycles. The maximum Gasteiger partial charge on any atom is 0.197 e. The van der Waals surface area contributed by atoms with Crippen LogP contribution in [-0.2, 0) is 0 Å². The Labute approximate surface area is 88.1 Å². The average molecular weight is 211 g/mol. The second kappa shape index (κ2) is 4.44. The number of pyridine rings is 1. The minimum absolute atomic E-state index is 0.236. The number of rotatable bonds is 2. The lowest BCUT2D eigenvalue weighted by Gasteiger charge is -2.29. The molecule has 0 aliphatic carbocycles. The van der Waals surface area contributed by atoms with Gasteiger partial charge in [-0.2, -0.15) is 0 Å². The van der Waals surface area contributed by atoms with Gasteiger partial charge in [-0.1, -0.05) is 0 Å². The maximum absolute atomic E-state index is 13.4. The maximum atomic E-state index is 13.4. The van der Waals surface area contributed by atoms with E-state index < -0.39 is 0 Å². The zero-order valence-electron chi connectivity index (χ0n) is 8.66. The van der Waals surface area contributed by atoms with Crippen molar-refractivity contribution in [1.82, 2.24) is 10.3 Å². The number of methoxy groups -OCH3 is 1. The molecule has 1 N–H and O–H groups in total. The van der Waals surface area contributed by atoms with Gasteiger partial charge in [0.2, 0.25) is 0 Å². The normalized spacial score (nSPS) is 16.5. The second-order valence-electron chi connectivity index (χ2n) is 3.39. The van der Waals surface area contributed by atoms with Crippen LogP contribution < -0.4 is 15.0 Å². The van der Waals surface area contributed by atoms with Crippen molar-refractivity contribution < 1.29 is 9.13 Å². The molecule has 15 heavy (non-hydrogen) atoms. The molecule has 2 heterocycles. The second-order valence-corrected chi connectivity index (χ2v) is 3.39. The highest BCUT2D eigenvalue weighted by molar-refractivity contribution is 5.53. The van der Waals surface area contributed by atoms with Gasteiger partial charge < -0.3 is 15.0 Å². The van der Waals surface area contributed by atoms with Crippen molar-refractivity contribution in [3.63, 3.8) is 0 Å². The molecule has 82 valence electrons. The van der Waals surface area contributed by atoms with Crippen LogP contribution in [0.15, 0.2) is 12.3 Å². The van der Waals surface area contributed by atoms with Crippen molar-refractivity contribution in [3.05, 3.63) is 18.1 Å². The van der Waals surface area contributed by atoms with Crippen molar-refractivity contribution in [2.24, 2.45) is 0 Å². The van der Waals surface area contributed by atoms with Crippen LogP contribution in [0.3, 0.4) is 0 Å². The number of hydrogen-bond donors (Lipinski definition) is 1. The number of aromatic nitrogens is 1. The van der Waals surface area contributed by atoms with Gasteiger partial charge in [0.15, 0.2) is 17.4 Å². The number of nitrogens with one attached hydrogen (secondary N) is 1. The standard InChI is InChI=1S/C10H14FN3O/c1-15-9-8(11)2-3-13-10(9)14-6-4-12-5-7-14/h2-3,12H,4-7H2,1H3. The molecular formula is C10H14FN3O. The molecule has 0 amide bonds. The van der Waals surface area contributed by atoms with Crippen molar-refractivity contribution in [2.75, 3.05) is 38.2 Å². The van der Waals surface area contributed by atoms with E-state index in [0.717, 1.165) is 26.2 Å². The average Bonchev–Trinajstić information content (AvgIpc) is 2.30. The van der Waals surface area contributed by atoms with E-state index >= 15 is 0 Å². The Hall–Kier alpha value is -1.36. The number of piperazine rings is 1. The van der Waals surface area contributed by atoms with Gasteiger partial charge in [-0.05, 0) is 6.07 Å². The van der Waals surface area contributed by atoms with E-state index in [9.17, 15) is 4.39 Å². The lowest BCUT2D eigenvalue weighted by Crippen LogP contribution is -2.44. The Kier molecular flexibility index (Phi) is 3.01. The Morgan fingerprint density at radius 2 is 2.20 bits per heavy atom. The minimum atomic E-state index is -0.360. The number of nitrogens with zero attached hydrogens (tertiary/aromatic N) is 2. The number of anilines is 1. The Morgan fingerprint density at radius 3 is 2.87 bits per heavy atom. The van der Waals surface area contributed by atoms with Gasteiger partial charge in [-0.25, -0.2) is 9.37 Å². The molecule has 1 aliphatic heterocycles. The minimum Gasteiger partial charge on any atom is -0.490 e. The largest absolute Gasteiger partial charge is 0.490 e. The molecule has 0 radical (unpaired) electrons. The quantitative estimate of drug-likeness (QED) is 0.779.